The summed E-state index contributed by atoms with van der Waals surface area (Å²) in [5.74, 6) is 1.63. The molecule has 2 unspecified atom stereocenters. The minimum atomic E-state index is -0.192. The first kappa shape index (κ1) is 24.2. The zero-order valence-corrected chi connectivity index (χ0v) is 21.7. The van der Waals surface area contributed by atoms with Crippen molar-refractivity contribution in [1.82, 2.24) is 0 Å². The molecule has 3 nitrogen and oxygen atoms in total. The van der Waals surface area contributed by atoms with E-state index in [1.54, 1.807) is 0 Å². The van der Waals surface area contributed by atoms with E-state index in [1.165, 1.54) is 16.7 Å². The highest BCUT2D eigenvalue weighted by atomic mass is 32.2. The number of hydrogen-bond acceptors (Lipinski definition) is 4. The molecule has 0 radical (unpaired) electrons. The van der Waals surface area contributed by atoms with E-state index in [4.69, 9.17) is 8.92 Å². The fourth-order valence-corrected chi connectivity index (χ4v) is 5.39. The van der Waals surface area contributed by atoms with Gasteiger partial charge < -0.3 is 8.92 Å². The maximum atomic E-state index is 12.5. The third-order valence-electron chi connectivity index (χ3n) is 7.01. The van der Waals surface area contributed by atoms with Crippen LogP contribution in [0.4, 0.5) is 0 Å². The summed E-state index contributed by atoms with van der Waals surface area (Å²) in [4.78, 5) is 13.4. The molecular weight excluding hydrogens is 464 g/mol. The molecule has 36 heavy (non-hydrogen) atoms. The molecule has 0 aromatic heterocycles. The van der Waals surface area contributed by atoms with Crippen LogP contribution in [0.25, 0.3) is 11.1 Å². The van der Waals surface area contributed by atoms with Crippen molar-refractivity contribution in [2.75, 3.05) is 0 Å². The average molecular weight is 495 g/mol. The van der Waals surface area contributed by atoms with Gasteiger partial charge in [0.1, 0.15) is 11.5 Å². The lowest BCUT2D eigenvalue weighted by Crippen LogP contribution is -2.11. The molecule has 0 spiro atoms. The first-order valence-electron chi connectivity index (χ1n) is 12.5. The molecule has 0 fully saturated rings. The molecule has 0 saturated heterocycles. The molecule has 0 saturated carbocycles. The topological polar surface area (TPSA) is 35.5 Å². The number of ether oxygens (including phenoxy) is 1. The molecule has 1 aliphatic rings. The highest BCUT2D eigenvalue weighted by Gasteiger charge is 2.26. The molecule has 182 valence electrons. The molecule has 0 N–H and O–H groups in total. The van der Waals surface area contributed by atoms with Gasteiger partial charge in [-0.1, -0.05) is 93.6 Å². The fraction of sp³-hybridized carbons (Fsp3) is 0.219. The van der Waals surface area contributed by atoms with Gasteiger partial charge in [0.2, 0.25) is 0 Å². The van der Waals surface area contributed by atoms with Crippen molar-refractivity contribution >= 4 is 18.0 Å². The SMILES string of the molecule is CCC(C)C(=O)OSc1ccccc1-c1c(C(C)c2ccccc2)ccc2c1Cc1ccccc1O2. The second kappa shape index (κ2) is 10.6. The van der Waals surface area contributed by atoms with Crippen LogP contribution in [0.5, 0.6) is 11.5 Å². The molecule has 0 amide bonds. The summed E-state index contributed by atoms with van der Waals surface area (Å²) in [6, 6.07) is 31.3. The molecule has 5 rings (SSSR count). The Kier molecular flexibility index (Phi) is 7.15. The molecule has 4 heteroatoms. The zero-order chi connectivity index (χ0) is 25.1. The Morgan fingerprint density at radius 1 is 0.889 bits per heavy atom. The van der Waals surface area contributed by atoms with E-state index in [0.717, 1.165) is 58.0 Å². The Morgan fingerprint density at radius 2 is 1.61 bits per heavy atom. The first-order chi connectivity index (χ1) is 17.6. The maximum absolute atomic E-state index is 12.5. The van der Waals surface area contributed by atoms with Crippen LogP contribution in [0, 0.1) is 5.92 Å². The van der Waals surface area contributed by atoms with E-state index in [9.17, 15) is 4.79 Å². The van der Waals surface area contributed by atoms with E-state index in [2.05, 4.69) is 61.5 Å². The highest BCUT2D eigenvalue weighted by molar-refractivity contribution is 7.95. The largest absolute Gasteiger partial charge is 0.457 e. The van der Waals surface area contributed by atoms with Crippen LogP contribution in [0.15, 0.2) is 95.9 Å². The lowest BCUT2D eigenvalue weighted by Gasteiger charge is -2.27. The lowest BCUT2D eigenvalue weighted by atomic mass is 9.82. The summed E-state index contributed by atoms with van der Waals surface area (Å²) in [5.41, 5.74) is 7.02. The Balaban J connectivity index is 1.64. The minimum Gasteiger partial charge on any atom is -0.457 e. The second-order valence-electron chi connectivity index (χ2n) is 9.32. The minimum absolute atomic E-state index is 0.132. The van der Waals surface area contributed by atoms with Crippen molar-refractivity contribution in [2.24, 2.45) is 5.92 Å². The smallest absolute Gasteiger partial charge is 0.321 e. The Morgan fingerprint density at radius 3 is 2.42 bits per heavy atom. The predicted molar refractivity (Wildman–Crippen MR) is 147 cm³/mol. The van der Waals surface area contributed by atoms with E-state index in [-0.39, 0.29) is 17.8 Å². The average Bonchev–Trinajstić information content (AvgIpc) is 2.94. The van der Waals surface area contributed by atoms with Gasteiger partial charge in [0, 0.05) is 17.9 Å². The summed E-state index contributed by atoms with van der Waals surface area (Å²) >= 11 is 1.16. The summed E-state index contributed by atoms with van der Waals surface area (Å²) in [6.07, 6.45) is 1.53. The summed E-state index contributed by atoms with van der Waals surface area (Å²) in [5, 5.41) is 0. The number of para-hydroxylation sites is 1. The van der Waals surface area contributed by atoms with Crippen LogP contribution >= 0.6 is 12.0 Å². The third-order valence-corrected chi connectivity index (χ3v) is 7.80. The number of benzene rings is 4. The van der Waals surface area contributed by atoms with Gasteiger partial charge >= 0.3 is 5.97 Å². The molecule has 2 atom stereocenters. The van der Waals surface area contributed by atoms with Crippen molar-refractivity contribution in [3.8, 4) is 22.6 Å². The van der Waals surface area contributed by atoms with Gasteiger partial charge in [-0.25, -0.2) is 0 Å². The summed E-state index contributed by atoms with van der Waals surface area (Å²) < 4.78 is 12.0. The zero-order valence-electron chi connectivity index (χ0n) is 20.9. The van der Waals surface area contributed by atoms with Crippen LogP contribution in [-0.2, 0) is 15.4 Å². The number of carbonyl (C=O) groups excluding carboxylic acids is 1. The van der Waals surface area contributed by atoms with Gasteiger partial charge in [0.25, 0.3) is 0 Å². The van der Waals surface area contributed by atoms with Crippen molar-refractivity contribution in [1.29, 1.82) is 0 Å². The second-order valence-corrected chi connectivity index (χ2v) is 10.1. The van der Waals surface area contributed by atoms with Crippen molar-refractivity contribution in [3.63, 3.8) is 0 Å². The summed E-state index contributed by atoms with van der Waals surface area (Å²) in [6.45, 7) is 6.14. The monoisotopic (exact) mass is 494 g/mol. The van der Waals surface area contributed by atoms with Crippen LogP contribution < -0.4 is 4.74 Å². The van der Waals surface area contributed by atoms with Crippen LogP contribution in [0.2, 0.25) is 0 Å². The van der Waals surface area contributed by atoms with E-state index >= 15 is 0 Å². The molecule has 4 aromatic carbocycles. The van der Waals surface area contributed by atoms with Crippen molar-refractivity contribution in [2.45, 2.75) is 44.4 Å². The van der Waals surface area contributed by atoms with Gasteiger partial charge in [-0.05, 0) is 52.4 Å². The molecule has 0 aliphatic carbocycles. The van der Waals surface area contributed by atoms with Gasteiger partial charge in [0.15, 0.2) is 0 Å². The van der Waals surface area contributed by atoms with Gasteiger partial charge in [-0.15, -0.1) is 0 Å². The number of hydrogen-bond donors (Lipinski definition) is 0. The van der Waals surface area contributed by atoms with Crippen molar-refractivity contribution in [3.05, 3.63) is 113 Å². The molecule has 0 bridgehead atoms. The van der Waals surface area contributed by atoms with Crippen LogP contribution in [0.1, 0.15) is 55.4 Å². The Labute approximate surface area is 217 Å². The van der Waals surface area contributed by atoms with E-state index in [1.807, 2.05) is 50.2 Å². The van der Waals surface area contributed by atoms with Gasteiger partial charge in [0.05, 0.1) is 22.9 Å². The first-order valence-corrected chi connectivity index (χ1v) is 13.2. The molecule has 4 aromatic rings. The standard InChI is InChI=1S/C32H30O3S/c1-4-21(2)32(33)35-36-30-17-11-9-15-26(30)31-25(22(3)23-12-6-5-7-13-23)18-19-29-27(31)20-24-14-8-10-16-28(24)34-29/h5-19,21-22H,4,20H2,1-3H3. The van der Waals surface area contributed by atoms with Crippen LogP contribution in [-0.4, -0.2) is 5.97 Å². The van der Waals surface area contributed by atoms with Crippen LogP contribution in [0.3, 0.4) is 0 Å². The molecule has 1 aliphatic heterocycles. The maximum Gasteiger partial charge on any atom is 0.321 e. The fourth-order valence-electron chi connectivity index (χ4n) is 4.66. The lowest BCUT2D eigenvalue weighted by molar-refractivity contribution is -0.137. The number of fused-ring (bicyclic) bond motifs is 2. The highest BCUT2D eigenvalue weighted by Crippen LogP contribution is 2.47. The predicted octanol–water partition coefficient (Wildman–Crippen LogP) is 8.80. The van der Waals surface area contributed by atoms with E-state index in [0.29, 0.717) is 0 Å². The molecule has 1 heterocycles. The number of carbonyl (C=O) groups is 1. The van der Waals surface area contributed by atoms with E-state index < -0.39 is 0 Å². The van der Waals surface area contributed by atoms with Gasteiger partial charge in [-0.3, -0.25) is 4.79 Å². The molecular formula is C32H30O3S. The summed E-state index contributed by atoms with van der Waals surface area (Å²) in [7, 11) is 0. The Hall–Kier alpha value is -3.50. The van der Waals surface area contributed by atoms with Crippen molar-refractivity contribution < 1.29 is 13.7 Å². The number of rotatable bonds is 7. The normalized spacial score (nSPS) is 13.6. The Bertz CT molecular complexity index is 1380. The third kappa shape index (κ3) is 4.78. The van der Waals surface area contributed by atoms with Gasteiger partial charge in [-0.2, -0.15) is 0 Å². The quantitative estimate of drug-likeness (QED) is 0.212.